The molecule has 0 aromatic heterocycles. The number of hydrogen-bond acceptors (Lipinski definition) is 6. The van der Waals surface area contributed by atoms with Gasteiger partial charge in [0.15, 0.2) is 17.1 Å². The summed E-state index contributed by atoms with van der Waals surface area (Å²) in [6.45, 7) is 0.180. The molecule has 1 amide bonds. The fraction of sp³-hybridized carbons (Fsp3) is 0.100. The number of aliphatic hydroxyl groups is 1. The van der Waals surface area contributed by atoms with Crippen molar-refractivity contribution >= 4 is 28.1 Å². The van der Waals surface area contributed by atoms with Gasteiger partial charge in [-0.25, -0.2) is 5.43 Å². The molecule has 0 bridgehead atoms. The number of nitrogens with zero attached hydrogens (tertiary/aromatic N) is 2. The fourth-order valence-corrected chi connectivity index (χ4v) is 4.47. The normalized spacial score (nSPS) is 11.1. The number of carbonyl (C=O) groups is 1. The molecular formula is C30H24BrN3O4. The summed E-state index contributed by atoms with van der Waals surface area (Å²) in [7, 11) is 1.51. The molecule has 190 valence electrons. The number of hydrazone groups is 1. The van der Waals surface area contributed by atoms with Gasteiger partial charge in [0.05, 0.1) is 29.4 Å². The molecule has 0 aliphatic carbocycles. The Morgan fingerprint density at radius 1 is 1.03 bits per heavy atom. The van der Waals surface area contributed by atoms with E-state index in [9.17, 15) is 15.2 Å². The van der Waals surface area contributed by atoms with Crippen molar-refractivity contribution in [2.45, 2.75) is 12.2 Å². The Morgan fingerprint density at radius 2 is 1.63 bits per heavy atom. The van der Waals surface area contributed by atoms with Gasteiger partial charge < -0.3 is 14.6 Å². The topological polar surface area (TPSA) is 104 Å². The number of ether oxygens (including phenoxy) is 2. The first-order valence-electron chi connectivity index (χ1n) is 11.6. The SMILES string of the molecule is COc1cc(/C=N/NC(=O)C(O)(c2ccccc2)c2ccccc2)cc(Br)c1OCc1ccccc1C#N. The highest BCUT2D eigenvalue weighted by Gasteiger charge is 2.39. The van der Waals surface area contributed by atoms with Gasteiger partial charge in [-0.15, -0.1) is 0 Å². The van der Waals surface area contributed by atoms with E-state index in [2.05, 4.69) is 32.5 Å². The predicted molar refractivity (Wildman–Crippen MR) is 148 cm³/mol. The molecule has 0 unspecified atom stereocenters. The highest BCUT2D eigenvalue weighted by atomic mass is 79.9. The molecule has 4 aromatic carbocycles. The first-order chi connectivity index (χ1) is 18.5. The van der Waals surface area contributed by atoms with Gasteiger partial charge in [-0.3, -0.25) is 4.79 Å². The number of methoxy groups -OCH3 is 1. The maximum atomic E-state index is 13.2. The largest absolute Gasteiger partial charge is 0.493 e. The summed E-state index contributed by atoms with van der Waals surface area (Å²) in [5.41, 5.74) is 3.27. The Labute approximate surface area is 229 Å². The second-order valence-corrected chi connectivity index (χ2v) is 9.09. The summed E-state index contributed by atoms with van der Waals surface area (Å²) in [6.07, 6.45) is 1.44. The van der Waals surface area contributed by atoms with Gasteiger partial charge in [-0.2, -0.15) is 10.4 Å². The molecule has 0 spiro atoms. The van der Waals surface area contributed by atoms with Crippen LogP contribution >= 0.6 is 15.9 Å². The zero-order chi connectivity index (χ0) is 27.0. The second kappa shape index (κ2) is 12.2. The van der Waals surface area contributed by atoms with E-state index >= 15 is 0 Å². The lowest BCUT2D eigenvalue weighted by Crippen LogP contribution is -2.43. The minimum Gasteiger partial charge on any atom is -0.493 e. The Balaban J connectivity index is 1.53. The molecule has 0 aliphatic rings. The summed E-state index contributed by atoms with van der Waals surface area (Å²) in [5.74, 6) is 0.198. The van der Waals surface area contributed by atoms with Crippen LogP contribution in [0.1, 0.15) is 27.8 Å². The molecule has 4 aromatic rings. The van der Waals surface area contributed by atoms with E-state index in [0.29, 0.717) is 38.2 Å². The van der Waals surface area contributed by atoms with E-state index in [1.807, 2.05) is 24.3 Å². The van der Waals surface area contributed by atoms with Gasteiger partial charge in [-0.1, -0.05) is 78.9 Å². The first-order valence-corrected chi connectivity index (χ1v) is 12.4. The summed E-state index contributed by atoms with van der Waals surface area (Å²) in [5, 5.41) is 24.9. The number of rotatable bonds is 9. The van der Waals surface area contributed by atoms with Gasteiger partial charge in [0.1, 0.15) is 6.61 Å². The van der Waals surface area contributed by atoms with E-state index < -0.39 is 11.5 Å². The second-order valence-electron chi connectivity index (χ2n) is 8.23. The van der Waals surface area contributed by atoms with Crippen molar-refractivity contribution < 1.29 is 19.4 Å². The van der Waals surface area contributed by atoms with Crippen LogP contribution in [0.5, 0.6) is 11.5 Å². The molecular weight excluding hydrogens is 546 g/mol. The van der Waals surface area contributed by atoms with E-state index in [1.165, 1.54) is 13.3 Å². The lowest BCUT2D eigenvalue weighted by Gasteiger charge is -2.27. The number of amides is 1. The van der Waals surface area contributed by atoms with Crippen LogP contribution in [0.25, 0.3) is 0 Å². The minimum atomic E-state index is -1.93. The zero-order valence-electron chi connectivity index (χ0n) is 20.5. The quantitative estimate of drug-likeness (QED) is 0.210. The highest BCUT2D eigenvalue weighted by Crippen LogP contribution is 2.37. The summed E-state index contributed by atoms with van der Waals surface area (Å²) < 4.78 is 12.1. The summed E-state index contributed by atoms with van der Waals surface area (Å²) >= 11 is 3.50. The van der Waals surface area contributed by atoms with Gasteiger partial charge >= 0.3 is 0 Å². The van der Waals surface area contributed by atoms with Crippen molar-refractivity contribution in [2.24, 2.45) is 5.10 Å². The van der Waals surface area contributed by atoms with Crippen LogP contribution in [0.15, 0.2) is 107 Å². The first kappa shape index (κ1) is 26.6. The fourth-order valence-electron chi connectivity index (χ4n) is 3.89. The molecule has 8 heteroatoms. The van der Waals surface area contributed by atoms with Gasteiger partial charge in [0, 0.05) is 5.56 Å². The van der Waals surface area contributed by atoms with Crippen LogP contribution < -0.4 is 14.9 Å². The number of carbonyl (C=O) groups excluding carboxylic acids is 1. The third-order valence-electron chi connectivity index (χ3n) is 5.85. The average Bonchev–Trinajstić information content (AvgIpc) is 2.96. The van der Waals surface area contributed by atoms with Crippen molar-refractivity contribution in [3.63, 3.8) is 0 Å². The molecule has 0 fully saturated rings. The van der Waals surface area contributed by atoms with Crippen LogP contribution in [0, 0.1) is 11.3 Å². The molecule has 7 nitrogen and oxygen atoms in total. The molecule has 0 aliphatic heterocycles. The van der Waals surface area contributed by atoms with Gasteiger partial charge in [0.2, 0.25) is 0 Å². The molecule has 0 radical (unpaired) electrons. The van der Waals surface area contributed by atoms with E-state index in [1.54, 1.807) is 72.8 Å². The predicted octanol–water partition coefficient (Wildman–Crippen LogP) is 5.29. The Hall–Kier alpha value is -4.45. The highest BCUT2D eigenvalue weighted by molar-refractivity contribution is 9.10. The Morgan fingerprint density at radius 3 is 2.24 bits per heavy atom. The number of hydrogen-bond donors (Lipinski definition) is 2. The molecule has 0 atom stereocenters. The van der Waals surface area contributed by atoms with E-state index in [0.717, 1.165) is 5.56 Å². The van der Waals surface area contributed by atoms with Crippen molar-refractivity contribution in [3.8, 4) is 17.6 Å². The van der Waals surface area contributed by atoms with Crippen molar-refractivity contribution in [2.75, 3.05) is 7.11 Å². The number of halogens is 1. The van der Waals surface area contributed by atoms with Crippen molar-refractivity contribution in [1.82, 2.24) is 5.43 Å². The van der Waals surface area contributed by atoms with Crippen LogP contribution in [-0.2, 0) is 17.0 Å². The third-order valence-corrected chi connectivity index (χ3v) is 6.44. The number of benzene rings is 4. The van der Waals surface area contributed by atoms with E-state index in [-0.39, 0.29) is 6.61 Å². The molecule has 38 heavy (non-hydrogen) atoms. The van der Waals surface area contributed by atoms with Crippen LogP contribution in [0.2, 0.25) is 0 Å². The molecule has 0 saturated carbocycles. The smallest absolute Gasteiger partial charge is 0.281 e. The molecule has 0 heterocycles. The van der Waals surface area contributed by atoms with Gasteiger partial charge in [-0.05, 0) is 50.8 Å². The summed E-state index contributed by atoms with van der Waals surface area (Å²) in [4.78, 5) is 13.2. The maximum absolute atomic E-state index is 13.2. The summed E-state index contributed by atoms with van der Waals surface area (Å²) in [6, 6.07) is 30.2. The molecule has 0 saturated heterocycles. The molecule has 4 rings (SSSR count). The Bertz CT molecular complexity index is 1450. The number of nitrogens with one attached hydrogen (secondary N) is 1. The Kier molecular flexibility index (Phi) is 8.54. The lowest BCUT2D eigenvalue weighted by molar-refractivity contribution is -0.136. The standard InChI is InChI=1S/C30H24BrN3O4/c1-37-27-17-21(16-26(31)28(27)38-20-23-11-9-8-10-22(23)18-32)19-33-34-29(35)30(36,24-12-4-2-5-13-24)25-14-6-3-7-15-25/h2-17,19,36H,20H2,1H3,(H,34,35)/b33-19+. The van der Waals surface area contributed by atoms with Crippen LogP contribution in [0.4, 0.5) is 0 Å². The monoisotopic (exact) mass is 569 g/mol. The minimum absolute atomic E-state index is 0.180. The average molecular weight is 570 g/mol. The third kappa shape index (κ3) is 5.75. The van der Waals surface area contributed by atoms with Crippen LogP contribution in [0.3, 0.4) is 0 Å². The van der Waals surface area contributed by atoms with Crippen LogP contribution in [-0.4, -0.2) is 24.3 Å². The van der Waals surface area contributed by atoms with Gasteiger partial charge in [0.25, 0.3) is 5.91 Å². The molecule has 2 N–H and O–H groups in total. The number of nitriles is 1. The lowest BCUT2D eigenvalue weighted by atomic mass is 9.85. The van der Waals surface area contributed by atoms with Crippen molar-refractivity contribution in [1.29, 1.82) is 5.26 Å². The van der Waals surface area contributed by atoms with E-state index in [4.69, 9.17) is 9.47 Å². The van der Waals surface area contributed by atoms with Crippen molar-refractivity contribution in [3.05, 3.63) is 129 Å². The maximum Gasteiger partial charge on any atom is 0.281 e. The zero-order valence-corrected chi connectivity index (χ0v) is 22.1.